The molecule has 1 heterocycles. The summed E-state index contributed by atoms with van der Waals surface area (Å²) in [6, 6.07) is -0.0619. The summed E-state index contributed by atoms with van der Waals surface area (Å²) < 4.78 is 22.4. The molecule has 0 aromatic carbocycles. The number of carboxylic acid groups (broad SMARTS) is 1. The third-order valence-electron chi connectivity index (χ3n) is 2.23. The Morgan fingerprint density at radius 3 is 2.79 bits per heavy atom. The summed E-state index contributed by atoms with van der Waals surface area (Å²) in [5.74, 6) is -0.451. The van der Waals surface area contributed by atoms with E-state index in [1.54, 1.807) is 0 Å². The molecule has 1 unspecified atom stereocenters. The molecule has 0 bridgehead atoms. The molecule has 0 aromatic heterocycles. The van der Waals surface area contributed by atoms with Gasteiger partial charge in [0.1, 0.15) is 0 Å². The zero-order valence-corrected chi connectivity index (χ0v) is 8.72. The van der Waals surface area contributed by atoms with Crippen molar-refractivity contribution >= 4 is 15.8 Å². The van der Waals surface area contributed by atoms with Gasteiger partial charge in [0.15, 0.2) is 9.84 Å². The van der Waals surface area contributed by atoms with Crippen LogP contribution in [0.4, 0.5) is 0 Å². The van der Waals surface area contributed by atoms with Crippen LogP contribution in [-0.4, -0.2) is 43.6 Å². The average Bonchev–Trinajstić information content (AvgIpc) is 2.01. The van der Waals surface area contributed by atoms with Gasteiger partial charge in [-0.3, -0.25) is 4.79 Å². The van der Waals surface area contributed by atoms with Crippen molar-refractivity contribution in [3.63, 3.8) is 0 Å². The molecule has 1 fully saturated rings. The normalized spacial score (nSPS) is 25.9. The lowest BCUT2D eigenvalue weighted by Gasteiger charge is -2.22. The standard InChI is InChI=1S/C8H15NO4S/c10-8(11)3-4-9-7-2-1-5-14(12,13)6-7/h7,9H,1-6H2,(H,10,11). The van der Waals surface area contributed by atoms with Gasteiger partial charge in [-0.15, -0.1) is 0 Å². The van der Waals surface area contributed by atoms with Gasteiger partial charge < -0.3 is 10.4 Å². The van der Waals surface area contributed by atoms with Gasteiger partial charge in [0.2, 0.25) is 0 Å². The van der Waals surface area contributed by atoms with Crippen LogP contribution in [0.15, 0.2) is 0 Å². The summed E-state index contributed by atoms with van der Waals surface area (Å²) in [5, 5.41) is 11.3. The molecule has 6 heteroatoms. The Bertz CT molecular complexity index is 298. The molecule has 1 aliphatic heterocycles. The summed E-state index contributed by atoms with van der Waals surface area (Å²) in [6.45, 7) is 0.343. The Kier molecular flexibility index (Phi) is 3.88. The molecule has 0 spiro atoms. The maximum Gasteiger partial charge on any atom is 0.304 e. The molecule has 2 N–H and O–H groups in total. The maximum atomic E-state index is 11.2. The van der Waals surface area contributed by atoms with Crippen molar-refractivity contribution in [3.05, 3.63) is 0 Å². The smallest absolute Gasteiger partial charge is 0.304 e. The summed E-state index contributed by atoms with van der Waals surface area (Å²) in [7, 11) is -2.89. The van der Waals surface area contributed by atoms with E-state index in [0.29, 0.717) is 13.0 Å². The van der Waals surface area contributed by atoms with E-state index in [4.69, 9.17) is 5.11 Å². The van der Waals surface area contributed by atoms with Crippen molar-refractivity contribution in [3.8, 4) is 0 Å². The fraction of sp³-hybridized carbons (Fsp3) is 0.875. The number of carboxylic acids is 1. The summed E-state index contributed by atoms with van der Waals surface area (Å²) in [6.07, 6.45) is 1.53. The Labute approximate surface area is 83.4 Å². The number of nitrogens with one attached hydrogen (secondary N) is 1. The Morgan fingerprint density at radius 2 is 2.21 bits per heavy atom. The number of carbonyl (C=O) groups is 1. The second-order valence-corrected chi connectivity index (χ2v) is 5.78. The third kappa shape index (κ3) is 4.06. The molecule has 0 amide bonds. The zero-order valence-electron chi connectivity index (χ0n) is 7.90. The first-order chi connectivity index (χ1) is 6.49. The first-order valence-corrected chi connectivity index (χ1v) is 6.47. The van der Waals surface area contributed by atoms with Crippen LogP contribution in [0.25, 0.3) is 0 Å². The van der Waals surface area contributed by atoms with Crippen LogP contribution in [-0.2, 0) is 14.6 Å². The first kappa shape index (κ1) is 11.5. The van der Waals surface area contributed by atoms with E-state index in [2.05, 4.69) is 5.32 Å². The van der Waals surface area contributed by atoms with Crippen molar-refractivity contribution in [2.24, 2.45) is 0 Å². The van der Waals surface area contributed by atoms with Crippen LogP contribution in [0, 0.1) is 0 Å². The molecule has 1 atom stereocenters. The molecule has 82 valence electrons. The largest absolute Gasteiger partial charge is 0.481 e. The molecule has 1 rings (SSSR count). The average molecular weight is 221 g/mol. The van der Waals surface area contributed by atoms with Crippen LogP contribution in [0.5, 0.6) is 0 Å². The Hall–Kier alpha value is -0.620. The SMILES string of the molecule is O=C(O)CCNC1CCCS(=O)(=O)C1. The van der Waals surface area contributed by atoms with E-state index in [1.807, 2.05) is 0 Å². The van der Waals surface area contributed by atoms with Gasteiger partial charge in [0.25, 0.3) is 0 Å². The van der Waals surface area contributed by atoms with Gasteiger partial charge >= 0.3 is 5.97 Å². The van der Waals surface area contributed by atoms with Crippen molar-refractivity contribution in [2.45, 2.75) is 25.3 Å². The van der Waals surface area contributed by atoms with Gasteiger partial charge in [-0.05, 0) is 12.8 Å². The third-order valence-corrected chi connectivity index (χ3v) is 4.06. The number of hydrogen-bond donors (Lipinski definition) is 2. The number of hydrogen-bond acceptors (Lipinski definition) is 4. The van der Waals surface area contributed by atoms with E-state index >= 15 is 0 Å². The highest BCUT2D eigenvalue weighted by Gasteiger charge is 2.23. The maximum absolute atomic E-state index is 11.2. The number of sulfone groups is 1. The van der Waals surface area contributed by atoms with Gasteiger partial charge in [-0.1, -0.05) is 0 Å². The van der Waals surface area contributed by atoms with E-state index in [-0.39, 0.29) is 24.0 Å². The molecule has 14 heavy (non-hydrogen) atoms. The second kappa shape index (κ2) is 4.75. The van der Waals surface area contributed by atoms with Crippen molar-refractivity contribution < 1.29 is 18.3 Å². The topological polar surface area (TPSA) is 83.5 Å². The van der Waals surface area contributed by atoms with E-state index in [0.717, 1.165) is 6.42 Å². The molecule has 1 saturated heterocycles. The summed E-state index contributed by atoms with van der Waals surface area (Å²) >= 11 is 0. The highest BCUT2D eigenvalue weighted by atomic mass is 32.2. The van der Waals surface area contributed by atoms with E-state index < -0.39 is 15.8 Å². The fourth-order valence-electron chi connectivity index (χ4n) is 1.57. The summed E-state index contributed by atoms with van der Waals surface area (Å²) in [4.78, 5) is 10.2. The molecule has 5 nitrogen and oxygen atoms in total. The molecule has 0 saturated carbocycles. The zero-order chi connectivity index (χ0) is 10.6. The molecule has 0 aromatic rings. The lowest BCUT2D eigenvalue weighted by Crippen LogP contribution is -2.40. The minimum absolute atomic E-state index is 0.0382. The molecular weight excluding hydrogens is 206 g/mol. The minimum Gasteiger partial charge on any atom is -0.481 e. The molecule has 1 aliphatic rings. The minimum atomic E-state index is -2.89. The number of rotatable bonds is 4. The first-order valence-electron chi connectivity index (χ1n) is 4.65. The van der Waals surface area contributed by atoms with Crippen LogP contribution >= 0.6 is 0 Å². The highest BCUT2D eigenvalue weighted by molar-refractivity contribution is 7.91. The van der Waals surface area contributed by atoms with Gasteiger partial charge in [0, 0.05) is 12.6 Å². The highest BCUT2D eigenvalue weighted by Crippen LogP contribution is 2.11. The summed E-state index contributed by atoms with van der Waals surface area (Å²) in [5.41, 5.74) is 0. The molecule has 0 radical (unpaired) electrons. The van der Waals surface area contributed by atoms with Crippen molar-refractivity contribution in [1.29, 1.82) is 0 Å². The molecule has 0 aliphatic carbocycles. The van der Waals surface area contributed by atoms with Gasteiger partial charge in [-0.25, -0.2) is 8.42 Å². The second-order valence-electron chi connectivity index (χ2n) is 3.55. The van der Waals surface area contributed by atoms with Crippen molar-refractivity contribution in [1.82, 2.24) is 5.32 Å². The van der Waals surface area contributed by atoms with E-state index in [9.17, 15) is 13.2 Å². The van der Waals surface area contributed by atoms with E-state index in [1.165, 1.54) is 0 Å². The van der Waals surface area contributed by atoms with Gasteiger partial charge in [-0.2, -0.15) is 0 Å². The van der Waals surface area contributed by atoms with Crippen LogP contribution in [0.3, 0.4) is 0 Å². The Balaban J connectivity index is 2.28. The predicted octanol–water partition coefficient (Wildman–Crippen LogP) is -0.372. The van der Waals surface area contributed by atoms with Crippen molar-refractivity contribution in [2.75, 3.05) is 18.1 Å². The Morgan fingerprint density at radius 1 is 1.50 bits per heavy atom. The van der Waals surface area contributed by atoms with Gasteiger partial charge in [0.05, 0.1) is 17.9 Å². The lowest BCUT2D eigenvalue weighted by molar-refractivity contribution is -0.136. The predicted molar refractivity (Wildman–Crippen MR) is 51.9 cm³/mol. The van der Waals surface area contributed by atoms with Crippen LogP contribution in [0.2, 0.25) is 0 Å². The monoisotopic (exact) mass is 221 g/mol. The lowest BCUT2D eigenvalue weighted by atomic mass is 10.2. The number of aliphatic carboxylic acids is 1. The van der Waals surface area contributed by atoms with Crippen LogP contribution < -0.4 is 5.32 Å². The molecular formula is C8H15NO4S. The fourth-order valence-corrected chi connectivity index (χ4v) is 3.24. The van der Waals surface area contributed by atoms with Crippen LogP contribution in [0.1, 0.15) is 19.3 Å². The quantitative estimate of drug-likeness (QED) is 0.676.